The molecule has 100 valence electrons. The monoisotopic (exact) mass is 268 g/mol. The van der Waals surface area contributed by atoms with Crippen molar-refractivity contribution in [3.8, 4) is 0 Å². The molecule has 1 atom stereocenters. The van der Waals surface area contributed by atoms with E-state index in [4.69, 9.17) is 0 Å². The van der Waals surface area contributed by atoms with Gasteiger partial charge in [0.15, 0.2) is 9.84 Å². The number of hydrogen-bond acceptors (Lipinski definition) is 4. The highest BCUT2D eigenvalue weighted by Crippen LogP contribution is 2.12. The number of sulfone groups is 1. The summed E-state index contributed by atoms with van der Waals surface area (Å²) in [4.78, 5) is 0.413. The lowest BCUT2D eigenvalue weighted by molar-refractivity contribution is 0.547. The van der Waals surface area contributed by atoms with Crippen LogP contribution in [0.1, 0.15) is 18.9 Å². The lowest BCUT2D eigenvalue weighted by Gasteiger charge is -2.11. The minimum Gasteiger partial charge on any atom is -0.315 e. The molecule has 1 saturated heterocycles. The first-order valence-corrected chi connectivity index (χ1v) is 8.03. The minimum atomic E-state index is -3.08. The largest absolute Gasteiger partial charge is 0.315 e. The fraction of sp³-hybridized carbons (Fsp3) is 0.538. The first-order valence-electron chi connectivity index (χ1n) is 6.37. The zero-order valence-electron chi connectivity index (χ0n) is 10.6. The lowest BCUT2D eigenvalue weighted by atomic mass is 10.2. The minimum absolute atomic E-state index is 0.151. The van der Waals surface area contributed by atoms with E-state index in [-0.39, 0.29) is 5.75 Å². The first-order chi connectivity index (χ1) is 8.62. The molecule has 0 saturated carbocycles. The van der Waals surface area contributed by atoms with Crippen LogP contribution in [-0.4, -0.2) is 33.3 Å². The Bertz CT molecular complexity index is 476. The van der Waals surface area contributed by atoms with E-state index in [2.05, 4.69) is 10.6 Å². The molecule has 0 bridgehead atoms. The van der Waals surface area contributed by atoms with Crippen LogP contribution in [0.4, 0.5) is 0 Å². The van der Waals surface area contributed by atoms with E-state index in [1.807, 2.05) is 12.1 Å². The van der Waals surface area contributed by atoms with Crippen LogP contribution in [0.5, 0.6) is 0 Å². The Balaban J connectivity index is 1.95. The smallest absolute Gasteiger partial charge is 0.178 e. The van der Waals surface area contributed by atoms with E-state index in [9.17, 15) is 8.42 Å². The number of rotatable bonds is 5. The van der Waals surface area contributed by atoms with Gasteiger partial charge in [0, 0.05) is 19.1 Å². The van der Waals surface area contributed by atoms with Crippen molar-refractivity contribution in [2.75, 3.05) is 18.8 Å². The highest BCUT2D eigenvalue weighted by molar-refractivity contribution is 7.91. The summed E-state index contributed by atoms with van der Waals surface area (Å²) >= 11 is 0. The average Bonchev–Trinajstić information content (AvgIpc) is 2.90. The molecule has 2 rings (SSSR count). The van der Waals surface area contributed by atoms with Gasteiger partial charge in [-0.15, -0.1) is 0 Å². The zero-order chi connectivity index (χ0) is 13.0. The second-order valence-electron chi connectivity index (χ2n) is 4.62. The molecule has 5 heteroatoms. The Hall–Kier alpha value is -0.910. The Kier molecular flexibility index (Phi) is 4.37. The highest BCUT2D eigenvalue weighted by atomic mass is 32.2. The maximum Gasteiger partial charge on any atom is 0.178 e. The van der Waals surface area contributed by atoms with Gasteiger partial charge in [-0.05, 0) is 30.7 Å². The lowest BCUT2D eigenvalue weighted by Crippen LogP contribution is -2.30. The van der Waals surface area contributed by atoms with E-state index < -0.39 is 9.84 Å². The van der Waals surface area contributed by atoms with E-state index in [0.29, 0.717) is 10.9 Å². The summed E-state index contributed by atoms with van der Waals surface area (Å²) in [5.74, 6) is 0.151. The van der Waals surface area contributed by atoms with Gasteiger partial charge in [-0.3, -0.25) is 0 Å². The molecular weight excluding hydrogens is 248 g/mol. The van der Waals surface area contributed by atoms with Gasteiger partial charge < -0.3 is 10.6 Å². The molecule has 0 spiro atoms. The number of nitrogens with one attached hydrogen (secondary N) is 2. The van der Waals surface area contributed by atoms with Crippen LogP contribution in [0.3, 0.4) is 0 Å². The van der Waals surface area contributed by atoms with Crippen molar-refractivity contribution >= 4 is 9.84 Å². The second kappa shape index (κ2) is 5.82. The van der Waals surface area contributed by atoms with Gasteiger partial charge in [-0.25, -0.2) is 8.42 Å². The molecule has 18 heavy (non-hydrogen) atoms. The molecule has 0 amide bonds. The van der Waals surface area contributed by atoms with Crippen LogP contribution in [0.25, 0.3) is 0 Å². The summed E-state index contributed by atoms with van der Waals surface area (Å²) in [5, 5.41) is 6.76. The molecular formula is C13H20N2O2S. The van der Waals surface area contributed by atoms with Gasteiger partial charge >= 0.3 is 0 Å². The maximum atomic E-state index is 11.7. The average molecular weight is 268 g/mol. The third kappa shape index (κ3) is 3.31. The predicted molar refractivity (Wildman–Crippen MR) is 72.3 cm³/mol. The molecule has 2 N–H and O–H groups in total. The van der Waals surface area contributed by atoms with Crippen LogP contribution in [-0.2, 0) is 16.4 Å². The van der Waals surface area contributed by atoms with Crippen LogP contribution in [0.15, 0.2) is 29.2 Å². The van der Waals surface area contributed by atoms with Crippen molar-refractivity contribution in [1.29, 1.82) is 0 Å². The maximum absolute atomic E-state index is 11.7. The molecule has 0 aliphatic carbocycles. The first kappa shape index (κ1) is 13.5. The Morgan fingerprint density at radius 3 is 2.61 bits per heavy atom. The SMILES string of the molecule is CCS(=O)(=O)c1ccc(CNC2CCNC2)cc1. The van der Waals surface area contributed by atoms with Gasteiger partial charge in [-0.1, -0.05) is 19.1 Å². The zero-order valence-corrected chi connectivity index (χ0v) is 11.5. The van der Waals surface area contributed by atoms with Crippen molar-refractivity contribution in [3.05, 3.63) is 29.8 Å². The Morgan fingerprint density at radius 2 is 2.06 bits per heavy atom. The van der Waals surface area contributed by atoms with Crippen LogP contribution in [0.2, 0.25) is 0 Å². The molecule has 1 fully saturated rings. The fourth-order valence-electron chi connectivity index (χ4n) is 2.07. The molecule has 1 heterocycles. The predicted octanol–water partition coefficient (Wildman–Crippen LogP) is 0.932. The van der Waals surface area contributed by atoms with Crippen LogP contribution < -0.4 is 10.6 Å². The summed E-state index contributed by atoms with van der Waals surface area (Å²) < 4.78 is 23.3. The Labute approximate surface area is 109 Å². The van der Waals surface area contributed by atoms with Crippen molar-refractivity contribution in [3.63, 3.8) is 0 Å². The molecule has 1 aromatic rings. The standard InChI is InChI=1S/C13H20N2O2S/c1-2-18(16,17)13-5-3-11(4-6-13)9-15-12-7-8-14-10-12/h3-6,12,14-15H,2,7-10H2,1H3. The van der Waals surface area contributed by atoms with Crippen molar-refractivity contribution in [2.24, 2.45) is 0 Å². The molecule has 4 nitrogen and oxygen atoms in total. The molecule has 1 aromatic carbocycles. The third-order valence-corrected chi connectivity index (χ3v) is 5.07. The van der Waals surface area contributed by atoms with Crippen LogP contribution >= 0.6 is 0 Å². The van der Waals surface area contributed by atoms with Gasteiger partial charge in [0.25, 0.3) is 0 Å². The second-order valence-corrected chi connectivity index (χ2v) is 6.90. The topological polar surface area (TPSA) is 58.2 Å². The van der Waals surface area contributed by atoms with E-state index in [0.717, 1.165) is 31.6 Å². The Morgan fingerprint density at radius 1 is 1.33 bits per heavy atom. The van der Waals surface area contributed by atoms with Gasteiger partial charge in [-0.2, -0.15) is 0 Å². The number of benzene rings is 1. The quantitative estimate of drug-likeness (QED) is 0.834. The molecule has 0 aromatic heterocycles. The van der Waals surface area contributed by atoms with Gasteiger partial charge in [0.1, 0.15) is 0 Å². The summed E-state index contributed by atoms with van der Waals surface area (Å²) in [6.45, 7) is 4.55. The van der Waals surface area contributed by atoms with Crippen molar-refractivity contribution < 1.29 is 8.42 Å². The van der Waals surface area contributed by atoms with Crippen LogP contribution in [0, 0.1) is 0 Å². The normalized spacial score (nSPS) is 20.2. The summed E-state index contributed by atoms with van der Waals surface area (Å²) in [5.41, 5.74) is 1.12. The summed E-state index contributed by atoms with van der Waals surface area (Å²) in [6, 6.07) is 7.70. The van der Waals surface area contributed by atoms with Crippen molar-refractivity contribution in [2.45, 2.75) is 30.8 Å². The summed E-state index contributed by atoms with van der Waals surface area (Å²) in [6.07, 6.45) is 1.16. The molecule has 1 aliphatic heterocycles. The van der Waals surface area contributed by atoms with E-state index >= 15 is 0 Å². The summed E-state index contributed by atoms with van der Waals surface area (Å²) in [7, 11) is -3.08. The van der Waals surface area contributed by atoms with Gasteiger partial charge in [0.2, 0.25) is 0 Å². The van der Waals surface area contributed by atoms with Gasteiger partial charge in [0.05, 0.1) is 10.6 Å². The van der Waals surface area contributed by atoms with E-state index in [1.165, 1.54) is 0 Å². The molecule has 0 radical (unpaired) electrons. The number of hydrogen-bond donors (Lipinski definition) is 2. The molecule has 1 aliphatic rings. The van der Waals surface area contributed by atoms with E-state index in [1.54, 1.807) is 19.1 Å². The van der Waals surface area contributed by atoms with Crippen molar-refractivity contribution in [1.82, 2.24) is 10.6 Å². The third-order valence-electron chi connectivity index (χ3n) is 3.32. The fourth-order valence-corrected chi connectivity index (χ4v) is 2.96. The highest BCUT2D eigenvalue weighted by Gasteiger charge is 2.14. The molecule has 1 unspecified atom stereocenters.